The number of hydrogen-bond donors (Lipinski definition) is 0. The van der Waals surface area contributed by atoms with E-state index in [0.717, 1.165) is 0 Å². The Morgan fingerprint density at radius 2 is 2.25 bits per heavy atom. The van der Waals surface area contributed by atoms with Crippen LogP contribution in [0.2, 0.25) is 0 Å². The molecule has 2 aliphatic heterocycles. The second-order valence-corrected chi connectivity index (χ2v) is 4.91. The molecule has 1 unspecified atom stereocenters. The number of oxime groups is 1. The van der Waals surface area contributed by atoms with Crippen molar-refractivity contribution in [2.45, 2.75) is 26.4 Å². The molecular weight excluding hydrogens is 212 g/mol. The first kappa shape index (κ1) is 10.9. The first-order valence-corrected chi connectivity index (χ1v) is 5.12. The summed E-state index contributed by atoms with van der Waals surface area (Å²) in [5.41, 5.74) is 0.0766. The van der Waals surface area contributed by atoms with E-state index in [1.807, 2.05) is 0 Å². The number of rotatable bonds is 0. The Labute approximate surface area is 93.2 Å². The minimum Gasteiger partial charge on any atom is -0.444 e. The summed E-state index contributed by atoms with van der Waals surface area (Å²) < 4.78 is 5.20. The minimum atomic E-state index is -0.531. The molecule has 0 aromatic carbocycles. The summed E-state index contributed by atoms with van der Waals surface area (Å²) >= 11 is 0. The predicted molar refractivity (Wildman–Crippen MR) is 54.8 cm³/mol. The van der Waals surface area contributed by atoms with Crippen molar-refractivity contribution in [3.63, 3.8) is 0 Å². The van der Waals surface area contributed by atoms with Crippen molar-refractivity contribution >= 4 is 17.8 Å². The standard InChI is InChI=1S/C10H14N2O4/c1-10(2,3)15-9(14)12-4-6-7(5-12)11-16-8(6)13/h6H,4-5H2,1-3H3. The lowest BCUT2D eigenvalue weighted by molar-refractivity contribution is -0.143. The van der Waals surface area contributed by atoms with Crippen LogP contribution in [-0.2, 0) is 14.4 Å². The van der Waals surface area contributed by atoms with Gasteiger partial charge >= 0.3 is 12.1 Å². The van der Waals surface area contributed by atoms with Gasteiger partial charge in [0.15, 0.2) is 0 Å². The summed E-state index contributed by atoms with van der Waals surface area (Å²) in [5.74, 6) is -0.784. The highest BCUT2D eigenvalue weighted by molar-refractivity contribution is 6.08. The third-order valence-corrected chi connectivity index (χ3v) is 2.35. The highest BCUT2D eigenvalue weighted by Gasteiger charge is 2.43. The topological polar surface area (TPSA) is 68.2 Å². The summed E-state index contributed by atoms with van der Waals surface area (Å²) in [6.45, 7) is 6.01. The molecule has 88 valence electrons. The van der Waals surface area contributed by atoms with Gasteiger partial charge < -0.3 is 14.5 Å². The van der Waals surface area contributed by atoms with E-state index in [4.69, 9.17) is 4.74 Å². The molecule has 0 bridgehead atoms. The van der Waals surface area contributed by atoms with Gasteiger partial charge in [-0.2, -0.15) is 0 Å². The normalized spacial score (nSPS) is 23.9. The number of fused-ring (bicyclic) bond motifs is 1. The zero-order chi connectivity index (χ0) is 11.9. The van der Waals surface area contributed by atoms with E-state index in [1.54, 1.807) is 20.8 Å². The maximum atomic E-state index is 11.7. The predicted octanol–water partition coefficient (Wildman–Crippen LogP) is 0.766. The van der Waals surface area contributed by atoms with E-state index in [-0.39, 0.29) is 5.97 Å². The Morgan fingerprint density at radius 1 is 1.56 bits per heavy atom. The number of amides is 1. The van der Waals surface area contributed by atoms with Gasteiger partial charge in [0, 0.05) is 6.54 Å². The molecule has 16 heavy (non-hydrogen) atoms. The summed E-state index contributed by atoms with van der Waals surface area (Å²) in [5, 5.41) is 3.63. The SMILES string of the molecule is CC(C)(C)OC(=O)N1CC2=NOC(=O)C2C1. The first-order chi connectivity index (χ1) is 7.37. The van der Waals surface area contributed by atoms with Crippen LogP contribution in [0.15, 0.2) is 5.16 Å². The Bertz CT molecular complexity index is 370. The molecule has 6 nitrogen and oxygen atoms in total. The number of ether oxygens (including phenoxy) is 1. The van der Waals surface area contributed by atoms with Crippen LogP contribution < -0.4 is 0 Å². The van der Waals surface area contributed by atoms with Gasteiger partial charge in [-0.25, -0.2) is 9.59 Å². The van der Waals surface area contributed by atoms with E-state index in [9.17, 15) is 9.59 Å². The summed E-state index contributed by atoms with van der Waals surface area (Å²) in [7, 11) is 0. The molecule has 2 rings (SSSR count). The Morgan fingerprint density at radius 3 is 2.81 bits per heavy atom. The van der Waals surface area contributed by atoms with Gasteiger partial charge in [-0.05, 0) is 20.8 Å². The van der Waals surface area contributed by atoms with Crippen molar-refractivity contribution in [1.82, 2.24) is 4.90 Å². The van der Waals surface area contributed by atoms with Crippen LogP contribution in [0, 0.1) is 5.92 Å². The highest BCUT2D eigenvalue weighted by Crippen LogP contribution is 2.22. The maximum absolute atomic E-state index is 11.7. The van der Waals surface area contributed by atoms with Crippen molar-refractivity contribution < 1.29 is 19.2 Å². The molecule has 1 saturated heterocycles. The van der Waals surface area contributed by atoms with Gasteiger partial charge in [0.1, 0.15) is 11.5 Å². The van der Waals surface area contributed by atoms with E-state index >= 15 is 0 Å². The van der Waals surface area contributed by atoms with E-state index in [1.165, 1.54) is 4.90 Å². The van der Waals surface area contributed by atoms with Gasteiger partial charge in [0.25, 0.3) is 0 Å². The summed E-state index contributed by atoms with van der Waals surface area (Å²) in [6.07, 6.45) is -0.419. The quantitative estimate of drug-likeness (QED) is 0.572. The number of carbonyl (C=O) groups excluding carboxylic acids is 2. The molecule has 0 radical (unpaired) electrons. The van der Waals surface area contributed by atoms with Gasteiger partial charge in [-0.3, -0.25) is 0 Å². The van der Waals surface area contributed by atoms with Crippen molar-refractivity contribution in [3.05, 3.63) is 0 Å². The molecule has 0 aromatic rings. The van der Waals surface area contributed by atoms with Crippen LogP contribution >= 0.6 is 0 Å². The molecule has 0 aromatic heterocycles. The monoisotopic (exact) mass is 226 g/mol. The van der Waals surface area contributed by atoms with E-state index in [2.05, 4.69) is 9.99 Å². The highest BCUT2D eigenvalue weighted by atomic mass is 16.7. The molecule has 0 spiro atoms. The van der Waals surface area contributed by atoms with Crippen LogP contribution in [0.25, 0.3) is 0 Å². The van der Waals surface area contributed by atoms with Crippen LogP contribution in [0.3, 0.4) is 0 Å². The van der Waals surface area contributed by atoms with Crippen molar-refractivity contribution in [1.29, 1.82) is 0 Å². The van der Waals surface area contributed by atoms with E-state index in [0.29, 0.717) is 18.8 Å². The molecular formula is C10H14N2O4. The summed E-state index contributed by atoms with van der Waals surface area (Å²) in [6, 6.07) is 0. The maximum Gasteiger partial charge on any atom is 0.410 e. The third-order valence-electron chi connectivity index (χ3n) is 2.35. The lowest BCUT2D eigenvalue weighted by Crippen LogP contribution is -2.36. The molecule has 2 aliphatic rings. The molecule has 0 aliphatic carbocycles. The Hall–Kier alpha value is -1.59. The fourth-order valence-corrected chi connectivity index (χ4v) is 1.63. The molecule has 1 amide bonds. The van der Waals surface area contributed by atoms with Crippen LogP contribution in [-0.4, -0.2) is 41.4 Å². The Kier molecular flexibility index (Phi) is 2.36. The molecule has 1 fully saturated rings. The van der Waals surface area contributed by atoms with Crippen molar-refractivity contribution in [2.24, 2.45) is 11.1 Å². The fourth-order valence-electron chi connectivity index (χ4n) is 1.63. The van der Waals surface area contributed by atoms with Gasteiger partial charge in [-0.1, -0.05) is 5.16 Å². The zero-order valence-electron chi connectivity index (χ0n) is 9.52. The summed E-state index contributed by atoms with van der Waals surface area (Å²) in [4.78, 5) is 28.9. The minimum absolute atomic E-state index is 0.298. The smallest absolute Gasteiger partial charge is 0.410 e. The molecule has 0 saturated carbocycles. The van der Waals surface area contributed by atoms with E-state index < -0.39 is 17.6 Å². The third kappa shape index (κ3) is 2.00. The second kappa shape index (κ2) is 3.47. The number of likely N-dealkylation sites (tertiary alicyclic amines) is 1. The lowest BCUT2D eigenvalue weighted by atomic mass is 10.1. The molecule has 0 N–H and O–H groups in total. The second-order valence-electron chi connectivity index (χ2n) is 4.91. The number of carbonyl (C=O) groups is 2. The largest absolute Gasteiger partial charge is 0.444 e. The lowest BCUT2D eigenvalue weighted by Gasteiger charge is -2.24. The first-order valence-electron chi connectivity index (χ1n) is 5.12. The van der Waals surface area contributed by atoms with Crippen LogP contribution in [0.4, 0.5) is 4.79 Å². The molecule has 1 atom stereocenters. The van der Waals surface area contributed by atoms with Crippen LogP contribution in [0.5, 0.6) is 0 Å². The fraction of sp³-hybridized carbons (Fsp3) is 0.700. The van der Waals surface area contributed by atoms with Crippen molar-refractivity contribution in [3.8, 4) is 0 Å². The Balaban J connectivity index is 1.99. The zero-order valence-corrected chi connectivity index (χ0v) is 9.52. The number of hydrogen-bond acceptors (Lipinski definition) is 5. The average molecular weight is 226 g/mol. The average Bonchev–Trinajstić information content (AvgIpc) is 2.65. The van der Waals surface area contributed by atoms with Gasteiger partial charge in [0.2, 0.25) is 0 Å². The molecule has 6 heteroatoms. The molecule has 2 heterocycles. The number of nitrogens with zero attached hydrogens (tertiary/aromatic N) is 2. The van der Waals surface area contributed by atoms with Crippen LogP contribution in [0.1, 0.15) is 20.8 Å². The van der Waals surface area contributed by atoms with Crippen molar-refractivity contribution in [2.75, 3.05) is 13.1 Å². The van der Waals surface area contributed by atoms with Gasteiger partial charge in [0.05, 0.1) is 12.3 Å². The van der Waals surface area contributed by atoms with Gasteiger partial charge in [-0.15, -0.1) is 0 Å².